The molecule has 0 aliphatic rings. The molecule has 6 N–H and O–H groups in total. The number of amides is 1. The van der Waals surface area contributed by atoms with Gasteiger partial charge in [-0.3, -0.25) is 4.79 Å². The fourth-order valence-electron chi connectivity index (χ4n) is 1.61. The number of hydrogen-bond donors (Lipinski definition) is 4. The van der Waals surface area contributed by atoms with Crippen molar-refractivity contribution in [2.24, 2.45) is 5.73 Å². The number of anilines is 2. The molecular weight excluding hydrogens is 270 g/mol. The zero-order valence-electron chi connectivity index (χ0n) is 10.3. The number of nitrogen functional groups attached to an aromatic ring is 1. The highest BCUT2D eigenvalue weighted by atomic mass is 35.5. The van der Waals surface area contributed by atoms with E-state index >= 15 is 0 Å². The first-order valence-corrected chi connectivity index (χ1v) is 6.14. The van der Waals surface area contributed by atoms with Gasteiger partial charge in [0.15, 0.2) is 0 Å². The third-order valence-corrected chi connectivity index (χ3v) is 2.79. The first-order chi connectivity index (χ1) is 8.91. The van der Waals surface area contributed by atoms with Gasteiger partial charge in [0.25, 0.3) is 0 Å². The molecule has 0 atom stereocenters. The normalized spacial score (nSPS) is 10.2. The Kier molecular flexibility index (Phi) is 5.44. The summed E-state index contributed by atoms with van der Waals surface area (Å²) in [5.41, 5.74) is 11.2. The van der Waals surface area contributed by atoms with E-state index in [2.05, 4.69) is 5.32 Å². The van der Waals surface area contributed by atoms with Crippen LogP contribution >= 0.6 is 11.6 Å². The summed E-state index contributed by atoms with van der Waals surface area (Å²) in [6.45, 7) is 0.497. The average Bonchev–Trinajstić information content (AvgIpc) is 2.29. The molecule has 0 saturated heterocycles. The van der Waals surface area contributed by atoms with Crippen LogP contribution in [0.4, 0.5) is 11.4 Å². The zero-order valence-corrected chi connectivity index (χ0v) is 11.0. The van der Waals surface area contributed by atoms with Gasteiger partial charge in [-0.2, -0.15) is 0 Å². The molecule has 0 bridgehead atoms. The van der Waals surface area contributed by atoms with Crippen molar-refractivity contribution < 1.29 is 14.7 Å². The number of unbranched alkanes of at least 4 members (excludes halogenated alkanes) is 1. The Balaban J connectivity index is 2.67. The van der Waals surface area contributed by atoms with Crippen LogP contribution in [0.1, 0.15) is 29.6 Å². The van der Waals surface area contributed by atoms with E-state index in [0.717, 1.165) is 0 Å². The van der Waals surface area contributed by atoms with Gasteiger partial charge in [-0.1, -0.05) is 11.6 Å². The number of halogens is 1. The SMILES string of the molecule is NC(=O)CCCCNc1c(Cl)cc(N)cc1C(=O)O. The summed E-state index contributed by atoms with van der Waals surface area (Å²) in [4.78, 5) is 21.6. The van der Waals surface area contributed by atoms with Crippen LogP contribution in [0.2, 0.25) is 5.02 Å². The summed E-state index contributed by atoms with van der Waals surface area (Å²) in [7, 11) is 0. The van der Waals surface area contributed by atoms with Crippen LogP contribution in [-0.4, -0.2) is 23.5 Å². The second-order valence-corrected chi connectivity index (χ2v) is 4.49. The van der Waals surface area contributed by atoms with Crippen LogP contribution in [0.15, 0.2) is 12.1 Å². The standard InChI is InChI=1S/C12H16ClN3O3/c13-9-6-7(14)5-8(12(18)19)11(9)16-4-2-1-3-10(15)17/h5-6,16H,1-4,14H2,(H2,15,17)(H,18,19). The molecule has 6 nitrogen and oxygen atoms in total. The van der Waals surface area contributed by atoms with Crippen molar-refractivity contribution in [3.8, 4) is 0 Å². The second kappa shape index (κ2) is 6.84. The highest BCUT2D eigenvalue weighted by molar-refractivity contribution is 6.34. The van der Waals surface area contributed by atoms with Gasteiger partial charge in [0.2, 0.25) is 5.91 Å². The van der Waals surface area contributed by atoms with E-state index in [9.17, 15) is 9.59 Å². The van der Waals surface area contributed by atoms with E-state index in [4.69, 9.17) is 28.2 Å². The Morgan fingerprint density at radius 1 is 1.32 bits per heavy atom. The van der Waals surface area contributed by atoms with Gasteiger partial charge in [0.05, 0.1) is 16.3 Å². The lowest BCUT2D eigenvalue weighted by atomic mass is 10.1. The maximum absolute atomic E-state index is 11.1. The van der Waals surface area contributed by atoms with E-state index in [-0.39, 0.29) is 16.5 Å². The maximum atomic E-state index is 11.1. The largest absolute Gasteiger partial charge is 0.478 e. The van der Waals surface area contributed by atoms with Crippen molar-refractivity contribution in [1.82, 2.24) is 0 Å². The van der Waals surface area contributed by atoms with Crippen molar-refractivity contribution in [1.29, 1.82) is 0 Å². The number of benzene rings is 1. The second-order valence-electron chi connectivity index (χ2n) is 4.08. The minimum Gasteiger partial charge on any atom is -0.478 e. The fourth-order valence-corrected chi connectivity index (χ4v) is 1.91. The van der Waals surface area contributed by atoms with Gasteiger partial charge in [-0.15, -0.1) is 0 Å². The predicted octanol–water partition coefficient (Wildman–Crippen LogP) is 1.69. The number of nitrogens with one attached hydrogen (secondary N) is 1. The highest BCUT2D eigenvalue weighted by Crippen LogP contribution is 2.29. The summed E-state index contributed by atoms with van der Waals surface area (Å²) in [6.07, 6.45) is 1.63. The van der Waals surface area contributed by atoms with Crippen molar-refractivity contribution in [3.63, 3.8) is 0 Å². The summed E-state index contributed by atoms with van der Waals surface area (Å²) in [6, 6.07) is 2.83. The molecule has 1 amide bonds. The van der Waals surface area contributed by atoms with E-state index in [1.165, 1.54) is 12.1 Å². The molecule has 1 rings (SSSR count). The third kappa shape index (κ3) is 4.67. The first kappa shape index (κ1) is 15.1. The third-order valence-electron chi connectivity index (χ3n) is 2.49. The van der Waals surface area contributed by atoms with Crippen LogP contribution in [0.3, 0.4) is 0 Å². The molecular formula is C12H16ClN3O3. The van der Waals surface area contributed by atoms with Gasteiger partial charge < -0.3 is 21.9 Å². The topological polar surface area (TPSA) is 118 Å². The van der Waals surface area contributed by atoms with E-state index in [0.29, 0.717) is 37.2 Å². The average molecular weight is 286 g/mol. The van der Waals surface area contributed by atoms with Crippen molar-refractivity contribution in [3.05, 3.63) is 22.7 Å². The minimum atomic E-state index is -1.10. The van der Waals surface area contributed by atoms with E-state index in [1.807, 2.05) is 0 Å². The highest BCUT2D eigenvalue weighted by Gasteiger charge is 2.14. The molecule has 0 unspecified atom stereocenters. The summed E-state index contributed by atoms with van der Waals surface area (Å²) in [5, 5.41) is 12.3. The molecule has 0 fully saturated rings. The molecule has 104 valence electrons. The fraction of sp³-hybridized carbons (Fsp3) is 0.333. The molecule has 0 saturated carbocycles. The Hall–Kier alpha value is -1.95. The molecule has 1 aromatic rings. The molecule has 0 heterocycles. The first-order valence-electron chi connectivity index (χ1n) is 5.76. The van der Waals surface area contributed by atoms with Gasteiger partial charge >= 0.3 is 5.97 Å². The van der Waals surface area contributed by atoms with Crippen molar-refractivity contribution >= 4 is 34.9 Å². The number of carbonyl (C=O) groups excluding carboxylic acids is 1. The minimum absolute atomic E-state index is 0.0277. The molecule has 7 heteroatoms. The lowest BCUT2D eigenvalue weighted by molar-refractivity contribution is -0.118. The number of carboxylic acids is 1. The van der Waals surface area contributed by atoms with Gasteiger partial charge in [-0.05, 0) is 25.0 Å². The Labute approximate surface area is 115 Å². The molecule has 0 aliphatic heterocycles. The van der Waals surface area contributed by atoms with Crippen molar-refractivity contribution in [2.45, 2.75) is 19.3 Å². The van der Waals surface area contributed by atoms with Crippen LogP contribution in [-0.2, 0) is 4.79 Å². The van der Waals surface area contributed by atoms with Gasteiger partial charge in [0, 0.05) is 18.7 Å². The molecule has 0 radical (unpaired) electrons. The van der Waals surface area contributed by atoms with Crippen molar-refractivity contribution in [2.75, 3.05) is 17.6 Å². The number of aromatic carboxylic acids is 1. The summed E-state index contributed by atoms with van der Waals surface area (Å²) >= 11 is 5.96. The number of rotatable bonds is 7. The summed E-state index contributed by atoms with van der Waals surface area (Å²) < 4.78 is 0. The van der Waals surface area contributed by atoms with Crippen LogP contribution in [0.25, 0.3) is 0 Å². The predicted molar refractivity (Wildman–Crippen MR) is 74.4 cm³/mol. The molecule has 0 aromatic heterocycles. The van der Waals surface area contributed by atoms with Crippen LogP contribution in [0, 0.1) is 0 Å². The Bertz CT molecular complexity index is 491. The molecule has 0 aliphatic carbocycles. The quantitative estimate of drug-likeness (QED) is 0.449. The number of carbonyl (C=O) groups is 2. The Morgan fingerprint density at radius 3 is 2.58 bits per heavy atom. The monoisotopic (exact) mass is 285 g/mol. The van der Waals surface area contributed by atoms with Gasteiger partial charge in [0.1, 0.15) is 0 Å². The number of carboxylic acid groups (broad SMARTS) is 1. The number of hydrogen-bond acceptors (Lipinski definition) is 4. The molecule has 0 spiro atoms. The molecule has 19 heavy (non-hydrogen) atoms. The van der Waals surface area contributed by atoms with Crippen LogP contribution in [0.5, 0.6) is 0 Å². The smallest absolute Gasteiger partial charge is 0.337 e. The van der Waals surface area contributed by atoms with Gasteiger partial charge in [-0.25, -0.2) is 4.79 Å². The zero-order chi connectivity index (χ0) is 14.4. The summed E-state index contributed by atoms with van der Waals surface area (Å²) in [5.74, 6) is -1.45. The molecule has 1 aromatic carbocycles. The number of nitrogens with two attached hydrogens (primary N) is 2. The lowest BCUT2D eigenvalue weighted by Gasteiger charge is -2.12. The van der Waals surface area contributed by atoms with E-state index in [1.54, 1.807) is 0 Å². The van der Waals surface area contributed by atoms with E-state index < -0.39 is 5.97 Å². The maximum Gasteiger partial charge on any atom is 0.337 e. The number of primary amides is 1. The lowest BCUT2D eigenvalue weighted by Crippen LogP contribution is -2.12. The van der Waals surface area contributed by atoms with Crippen LogP contribution < -0.4 is 16.8 Å². The Morgan fingerprint density at radius 2 is 2.00 bits per heavy atom.